The quantitative estimate of drug-likeness (QED) is 0.827. The summed E-state index contributed by atoms with van der Waals surface area (Å²) in [6, 6.07) is 9.05. The third kappa shape index (κ3) is 2.67. The number of rotatable bonds is 5. The first-order valence-corrected chi connectivity index (χ1v) is 6.79. The Bertz CT molecular complexity index is 501. The van der Waals surface area contributed by atoms with Crippen LogP contribution in [0.2, 0.25) is 0 Å². The molecule has 1 aliphatic heterocycles. The van der Waals surface area contributed by atoms with E-state index in [0.29, 0.717) is 6.54 Å². The summed E-state index contributed by atoms with van der Waals surface area (Å²) in [5.74, 6) is -0.174. The van der Waals surface area contributed by atoms with Crippen LogP contribution < -0.4 is 5.32 Å². The van der Waals surface area contributed by atoms with Gasteiger partial charge in [0.05, 0.1) is 0 Å². The summed E-state index contributed by atoms with van der Waals surface area (Å²) in [5.41, 5.74) is -0.135. The molecule has 1 fully saturated rings. The van der Waals surface area contributed by atoms with Crippen LogP contribution in [0.25, 0.3) is 0 Å². The van der Waals surface area contributed by atoms with Gasteiger partial charge in [0, 0.05) is 6.54 Å². The molecule has 20 heavy (non-hydrogen) atoms. The summed E-state index contributed by atoms with van der Waals surface area (Å²) >= 11 is 0. The SMILES string of the molecule is CN(C)CCCN1C(=O)NC(C)(c2ccccc2)C1=O. The van der Waals surface area contributed by atoms with Crippen LogP contribution in [0.15, 0.2) is 30.3 Å². The normalized spacial score (nSPS) is 22.5. The topological polar surface area (TPSA) is 52.6 Å². The monoisotopic (exact) mass is 275 g/mol. The van der Waals surface area contributed by atoms with Crippen LogP contribution >= 0.6 is 0 Å². The molecule has 1 aromatic rings. The molecule has 2 rings (SSSR count). The van der Waals surface area contributed by atoms with Crippen molar-refractivity contribution in [2.24, 2.45) is 0 Å². The van der Waals surface area contributed by atoms with Crippen molar-refractivity contribution in [3.63, 3.8) is 0 Å². The van der Waals surface area contributed by atoms with Crippen molar-refractivity contribution in [1.82, 2.24) is 15.1 Å². The van der Waals surface area contributed by atoms with Gasteiger partial charge < -0.3 is 10.2 Å². The van der Waals surface area contributed by atoms with Gasteiger partial charge in [-0.15, -0.1) is 0 Å². The maximum atomic E-state index is 12.5. The highest BCUT2D eigenvalue weighted by Gasteiger charge is 2.48. The molecule has 1 N–H and O–H groups in total. The van der Waals surface area contributed by atoms with E-state index in [4.69, 9.17) is 0 Å². The van der Waals surface area contributed by atoms with Crippen molar-refractivity contribution in [3.8, 4) is 0 Å². The smallest absolute Gasteiger partial charge is 0.319 e. The number of benzene rings is 1. The molecule has 0 radical (unpaired) electrons. The molecule has 0 aliphatic carbocycles. The van der Waals surface area contributed by atoms with Gasteiger partial charge in [-0.1, -0.05) is 30.3 Å². The lowest BCUT2D eigenvalue weighted by atomic mass is 9.92. The predicted octanol–water partition coefficient (Wildman–Crippen LogP) is 1.41. The Morgan fingerprint density at radius 1 is 1.20 bits per heavy atom. The summed E-state index contributed by atoms with van der Waals surface area (Å²) in [4.78, 5) is 27.9. The fourth-order valence-electron chi connectivity index (χ4n) is 2.41. The van der Waals surface area contributed by atoms with Crippen molar-refractivity contribution in [3.05, 3.63) is 35.9 Å². The second kappa shape index (κ2) is 5.63. The fourth-order valence-corrected chi connectivity index (χ4v) is 2.41. The summed E-state index contributed by atoms with van der Waals surface area (Å²) in [5, 5.41) is 2.81. The second-order valence-electron chi connectivity index (χ2n) is 5.53. The molecule has 1 aliphatic rings. The summed E-state index contributed by atoms with van der Waals surface area (Å²) < 4.78 is 0. The van der Waals surface area contributed by atoms with E-state index in [0.717, 1.165) is 18.5 Å². The first-order valence-electron chi connectivity index (χ1n) is 6.79. The average Bonchev–Trinajstić information content (AvgIpc) is 2.64. The molecule has 1 saturated heterocycles. The minimum Gasteiger partial charge on any atom is -0.319 e. The highest BCUT2D eigenvalue weighted by atomic mass is 16.2. The van der Waals surface area contributed by atoms with E-state index < -0.39 is 5.54 Å². The highest BCUT2D eigenvalue weighted by Crippen LogP contribution is 2.28. The van der Waals surface area contributed by atoms with Crippen molar-refractivity contribution < 1.29 is 9.59 Å². The molecule has 3 amide bonds. The van der Waals surface area contributed by atoms with E-state index in [2.05, 4.69) is 5.32 Å². The van der Waals surface area contributed by atoms with E-state index >= 15 is 0 Å². The molecule has 1 heterocycles. The molecule has 1 atom stereocenters. The van der Waals surface area contributed by atoms with E-state index in [-0.39, 0.29) is 11.9 Å². The maximum absolute atomic E-state index is 12.5. The van der Waals surface area contributed by atoms with Gasteiger partial charge in [0.2, 0.25) is 0 Å². The third-order valence-electron chi connectivity index (χ3n) is 3.61. The van der Waals surface area contributed by atoms with Gasteiger partial charge in [0.1, 0.15) is 5.54 Å². The number of urea groups is 1. The number of hydrogen-bond acceptors (Lipinski definition) is 3. The largest absolute Gasteiger partial charge is 0.325 e. The molecule has 5 heteroatoms. The van der Waals surface area contributed by atoms with Gasteiger partial charge in [0.15, 0.2) is 0 Å². The number of nitrogens with one attached hydrogen (secondary N) is 1. The van der Waals surface area contributed by atoms with Crippen LogP contribution in [0, 0.1) is 0 Å². The Morgan fingerprint density at radius 2 is 1.85 bits per heavy atom. The van der Waals surface area contributed by atoms with Crippen LogP contribution in [0.3, 0.4) is 0 Å². The zero-order valence-electron chi connectivity index (χ0n) is 12.2. The van der Waals surface area contributed by atoms with Gasteiger partial charge in [-0.2, -0.15) is 0 Å². The molecule has 0 spiro atoms. The minimum atomic E-state index is -0.948. The van der Waals surface area contributed by atoms with E-state index in [1.807, 2.05) is 49.3 Å². The molecule has 0 bridgehead atoms. The Morgan fingerprint density at radius 3 is 2.45 bits per heavy atom. The van der Waals surface area contributed by atoms with Crippen LogP contribution in [0.1, 0.15) is 18.9 Å². The minimum absolute atomic E-state index is 0.174. The zero-order chi connectivity index (χ0) is 14.8. The summed E-state index contributed by atoms with van der Waals surface area (Å²) in [6.45, 7) is 3.05. The Hall–Kier alpha value is -1.88. The maximum Gasteiger partial charge on any atom is 0.325 e. The number of imide groups is 1. The number of hydrogen-bond donors (Lipinski definition) is 1. The first kappa shape index (κ1) is 14.5. The predicted molar refractivity (Wildman–Crippen MR) is 77.2 cm³/mol. The molecule has 0 saturated carbocycles. The molecule has 0 aromatic heterocycles. The Labute approximate surface area is 119 Å². The van der Waals surface area contributed by atoms with Crippen molar-refractivity contribution in [2.75, 3.05) is 27.2 Å². The van der Waals surface area contributed by atoms with Gasteiger partial charge in [-0.05, 0) is 39.5 Å². The average molecular weight is 275 g/mol. The standard InChI is InChI=1S/C15H21N3O2/c1-15(12-8-5-4-6-9-12)13(19)18(14(20)16-15)11-7-10-17(2)3/h4-6,8-9H,7,10-11H2,1-3H3,(H,16,20). The number of nitrogens with zero attached hydrogens (tertiary/aromatic N) is 2. The van der Waals surface area contributed by atoms with Crippen LogP contribution in [-0.4, -0.2) is 48.9 Å². The highest BCUT2D eigenvalue weighted by molar-refractivity contribution is 6.07. The third-order valence-corrected chi connectivity index (χ3v) is 3.61. The van der Waals surface area contributed by atoms with Gasteiger partial charge >= 0.3 is 6.03 Å². The van der Waals surface area contributed by atoms with E-state index in [9.17, 15) is 9.59 Å². The van der Waals surface area contributed by atoms with Crippen LogP contribution in [0.4, 0.5) is 4.79 Å². The first-order chi connectivity index (χ1) is 9.45. The lowest BCUT2D eigenvalue weighted by molar-refractivity contribution is -0.131. The van der Waals surface area contributed by atoms with Crippen molar-refractivity contribution >= 4 is 11.9 Å². The summed E-state index contributed by atoms with van der Waals surface area (Å²) in [7, 11) is 3.94. The van der Waals surface area contributed by atoms with Crippen molar-refractivity contribution in [1.29, 1.82) is 0 Å². The Kier molecular flexibility index (Phi) is 4.09. The lowest BCUT2D eigenvalue weighted by Crippen LogP contribution is -2.41. The number of carbonyl (C=O) groups excluding carboxylic acids is 2. The molecule has 1 aromatic carbocycles. The fraction of sp³-hybridized carbons (Fsp3) is 0.467. The Balaban J connectivity index is 2.12. The van der Waals surface area contributed by atoms with Gasteiger partial charge in [0.25, 0.3) is 5.91 Å². The summed E-state index contributed by atoms with van der Waals surface area (Å²) in [6.07, 6.45) is 0.775. The second-order valence-corrected chi connectivity index (χ2v) is 5.53. The molecule has 108 valence electrons. The number of amides is 3. The van der Waals surface area contributed by atoms with Crippen molar-refractivity contribution in [2.45, 2.75) is 18.9 Å². The zero-order valence-corrected chi connectivity index (χ0v) is 12.2. The lowest BCUT2D eigenvalue weighted by Gasteiger charge is -2.22. The van der Waals surface area contributed by atoms with E-state index in [1.165, 1.54) is 4.90 Å². The molecular formula is C15H21N3O2. The van der Waals surface area contributed by atoms with Gasteiger partial charge in [-0.3, -0.25) is 9.69 Å². The van der Waals surface area contributed by atoms with Crippen LogP contribution in [-0.2, 0) is 10.3 Å². The molecular weight excluding hydrogens is 254 g/mol. The molecule has 1 unspecified atom stereocenters. The van der Waals surface area contributed by atoms with Gasteiger partial charge in [-0.25, -0.2) is 4.79 Å². The van der Waals surface area contributed by atoms with E-state index in [1.54, 1.807) is 6.92 Å². The number of carbonyl (C=O) groups is 2. The van der Waals surface area contributed by atoms with Crippen LogP contribution in [0.5, 0.6) is 0 Å². The molecule has 5 nitrogen and oxygen atoms in total.